The van der Waals surface area contributed by atoms with Gasteiger partial charge in [-0.1, -0.05) is 67.6 Å². The van der Waals surface area contributed by atoms with E-state index in [1.165, 1.54) is 11.1 Å². The van der Waals surface area contributed by atoms with Crippen LogP contribution in [0.2, 0.25) is 0 Å². The number of rotatable bonds is 7. The maximum absolute atomic E-state index is 12.4. The molecule has 5 heteroatoms. The fraction of sp³-hybridized carbons (Fsp3) is 0.391. The molecule has 3 rings (SSSR count). The van der Waals surface area contributed by atoms with Crippen molar-refractivity contribution in [2.24, 2.45) is 0 Å². The molecule has 148 valence electrons. The number of carbonyl (C=O) groups is 2. The fourth-order valence-corrected chi connectivity index (χ4v) is 3.72. The van der Waals surface area contributed by atoms with E-state index >= 15 is 0 Å². The first-order valence-corrected chi connectivity index (χ1v) is 10.1. The molecular weight excluding hydrogens is 350 g/mol. The molecule has 5 nitrogen and oxygen atoms in total. The van der Waals surface area contributed by atoms with Crippen LogP contribution in [0.5, 0.6) is 0 Å². The predicted molar refractivity (Wildman–Crippen MR) is 111 cm³/mol. The highest BCUT2D eigenvalue weighted by molar-refractivity contribution is 5.84. The Kier molecular flexibility index (Phi) is 7.20. The highest BCUT2D eigenvalue weighted by Gasteiger charge is 2.28. The quantitative estimate of drug-likeness (QED) is 0.805. The van der Waals surface area contributed by atoms with E-state index in [0.29, 0.717) is 19.5 Å². The molecule has 1 heterocycles. The number of hydrogen-bond donors (Lipinski definition) is 1. The van der Waals surface area contributed by atoms with Crippen LogP contribution in [0.25, 0.3) is 0 Å². The summed E-state index contributed by atoms with van der Waals surface area (Å²) >= 11 is 0. The number of piperazine rings is 1. The number of nitrogens with one attached hydrogen (secondary N) is 1. The monoisotopic (exact) mass is 379 g/mol. The Morgan fingerprint density at radius 3 is 1.93 bits per heavy atom. The first-order valence-electron chi connectivity index (χ1n) is 10.1. The Morgan fingerprint density at radius 2 is 1.43 bits per heavy atom. The Hall–Kier alpha value is -2.66. The molecule has 0 spiro atoms. The minimum absolute atomic E-state index is 0.0000697. The SMILES string of the molecule is CCCC(=O)NCC(=O)N1CCN(C(c2ccccc2)c2ccccc2)CC1. The van der Waals surface area contributed by atoms with E-state index in [1.807, 2.05) is 24.0 Å². The maximum Gasteiger partial charge on any atom is 0.242 e. The van der Waals surface area contributed by atoms with E-state index in [4.69, 9.17) is 0 Å². The van der Waals surface area contributed by atoms with Crippen LogP contribution in [0, 0.1) is 0 Å². The van der Waals surface area contributed by atoms with Crippen LogP contribution in [-0.4, -0.2) is 54.3 Å². The van der Waals surface area contributed by atoms with Gasteiger partial charge in [-0.25, -0.2) is 0 Å². The third-order valence-corrected chi connectivity index (χ3v) is 5.18. The van der Waals surface area contributed by atoms with Gasteiger partial charge in [0.25, 0.3) is 0 Å². The summed E-state index contributed by atoms with van der Waals surface area (Å²) < 4.78 is 0. The standard InChI is InChI=1S/C23H29N3O2/c1-2-9-21(27)24-18-22(28)25-14-16-26(17-15-25)23(19-10-5-3-6-11-19)20-12-7-4-8-13-20/h3-8,10-13,23H,2,9,14-18H2,1H3,(H,24,27). The highest BCUT2D eigenvalue weighted by atomic mass is 16.2. The average molecular weight is 380 g/mol. The topological polar surface area (TPSA) is 52.7 Å². The molecule has 0 unspecified atom stereocenters. The van der Waals surface area contributed by atoms with Crippen LogP contribution < -0.4 is 5.32 Å². The molecule has 0 saturated carbocycles. The van der Waals surface area contributed by atoms with Crippen LogP contribution >= 0.6 is 0 Å². The summed E-state index contributed by atoms with van der Waals surface area (Å²) in [6, 6.07) is 21.2. The third-order valence-electron chi connectivity index (χ3n) is 5.18. The summed E-state index contributed by atoms with van der Waals surface area (Å²) in [5.74, 6) is -0.0530. The molecule has 2 aromatic rings. The lowest BCUT2D eigenvalue weighted by Crippen LogP contribution is -2.52. The van der Waals surface area contributed by atoms with Gasteiger partial charge in [-0.2, -0.15) is 0 Å². The van der Waals surface area contributed by atoms with Gasteiger partial charge in [-0.15, -0.1) is 0 Å². The Bertz CT molecular complexity index is 716. The highest BCUT2D eigenvalue weighted by Crippen LogP contribution is 2.29. The molecule has 0 atom stereocenters. The first kappa shape index (κ1) is 20.1. The van der Waals surface area contributed by atoms with E-state index in [9.17, 15) is 9.59 Å². The lowest BCUT2D eigenvalue weighted by atomic mass is 9.96. The largest absolute Gasteiger partial charge is 0.347 e. The van der Waals surface area contributed by atoms with Crippen molar-refractivity contribution in [2.45, 2.75) is 25.8 Å². The molecule has 1 fully saturated rings. The van der Waals surface area contributed by atoms with Crippen molar-refractivity contribution in [1.82, 2.24) is 15.1 Å². The fourth-order valence-electron chi connectivity index (χ4n) is 3.72. The van der Waals surface area contributed by atoms with Crippen LogP contribution in [0.4, 0.5) is 0 Å². The zero-order chi connectivity index (χ0) is 19.8. The molecule has 0 bridgehead atoms. The smallest absolute Gasteiger partial charge is 0.242 e. The van der Waals surface area contributed by atoms with Gasteiger partial charge in [0.2, 0.25) is 11.8 Å². The second-order valence-corrected chi connectivity index (χ2v) is 7.17. The van der Waals surface area contributed by atoms with Gasteiger partial charge >= 0.3 is 0 Å². The van der Waals surface area contributed by atoms with Gasteiger partial charge in [0.1, 0.15) is 0 Å². The average Bonchev–Trinajstić information content (AvgIpc) is 2.74. The van der Waals surface area contributed by atoms with Gasteiger partial charge in [0, 0.05) is 32.6 Å². The van der Waals surface area contributed by atoms with E-state index in [0.717, 1.165) is 19.5 Å². The Balaban J connectivity index is 1.63. The van der Waals surface area contributed by atoms with Crippen LogP contribution in [0.15, 0.2) is 60.7 Å². The second kappa shape index (κ2) is 10.0. The molecule has 0 aliphatic carbocycles. The van der Waals surface area contributed by atoms with Crippen molar-refractivity contribution in [3.63, 3.8) is 0 Å². The van der Waals surface area contributed by atoms with Crippen molar-refractivity contribution in [3.8, 4) is 0 Å². The number of hydrogen-bond acceptors (Lipinski definition) is 3. The summed E-state index contributed by atoms with van der Waals surface area (Å²) in [7, 11) is 0. The molecular formula is C23H29N3O2. The molecule has 2 amide bonds. The molecule has 1 aliphatic rings. The lowest BCUT2D eigenvalue weighted by Gasteiger charge is -2.39. The van der Waals surface area contributed by atoms with Gasteiger partial charge < -0.3 is 10.2 Å². The van der Waals surface area contributed by atoms with E-state index in [2.05, 4.69) is 58.7 Å². The zero-order valence-corrected chi connectivity index (χ0v) is 16.5. The maximum atomic E-state index is 12.4. The predicted octanol–water partition coefficient (Wildman–Crippen LogP) is 2.84. The van der Waals surface area contributed by atoms with Crippen molar-refractivity contribution >= 4 is 11.8 Å². The third kappa shape index (κ3) is 5.20. The second-order valence-electron chi connectivity index (χ2n) is 7.17. The molecule has 1 aliphatic heterocycles. The summed E-state index contributed by atoms with van der Waals surface area (Å²) in [4.78, 5) is 28.3. The molecule has 28 heavy (non-hydrogen) atoms. The van der Waals surface area contributed by atoms with Gasteiger partial charge in [-0.05, 0) is 17.5 Å². The van der Waals surface area contributed by atoms with E-state index in [1.54, 1.807) is 0 Å². The Morgan fingerprint density at radius 1 is 0.893 bits per heavy atom. The summed E-state index contributed by atoms with van der Waals surface area (Å²) in [5.41, 5.74) is 2.53. The lowest BCUT2D eigenvalue weighted by molar-refractivity contribution is -0.134. The van der Waals surface area contributed by atoms with Gasteiger partial charge in [0.05, 0.1) is 12.6 Å². The number of amides is 2. The number of carbonyl (C=O) groups excluding carboxylic acids is 2. The van der Waals surface area contributed by atoms with Crippen LogP contribution in [0.3, 0.4) is 0 Å². The zero-order valence-electron chi connectivity index (χ0n) is 16.5. The minimum Gasteiger partial charge on any atom is -0.347 e. The number of nitrogens with zero attached hydrogens (tertiary/aromatic N) is 2. The van der Waals surface area contributed by atoms with Crippen molar-refractivity contribution in [1.29, 1.82) is 0 Å². The molecule has 0 aromatic heterocycles. The summed E-state index contributed by atoms with van der Waals surface area (Å²) in [5, 5.41) is 2.72. The van der Waals surface area contributed by atoms with Crippen molar-refractivity contribution in [3.05, 3.63) is 71.8 Å². The number of benzene rings is 2. The molecule has 2 aromatic carbocycles. The summed E-state index contributed by atoms with van der Waals surface area (Å²) in [6.07, 6.45) is 1.26. The van der Waals surface area contributed by atoms with Gasteiger partial charge in [0.15, 0.2) is 0 Å². The Labute approximate surface area is 167 Å². The van der Waals surface area contributed by atoms with Crippen LogP contribution in [-0.2, 0) is 9.59 Å². The van der Waals surface area contributed by atoms with Crippen molar-refractivity contribution < 1.29 is 9.59 Å². The normalized spacial score (nSPS) is 14.9. The van der Waals surface area contributed by atoms with E-state index in [-0.39, 0.29) is 24.4 Å². The van der Waals surface area contributed by atoms with Gasteiger partial charge in [-0.3, -0.25) is 14.5 Å². The summed E-state index contributed by atoms with van der Waals surface area (Å²) in [6.45, 7) is 5.03. The van der Waals surface area contributed by atoms with Crippen molar-refractivity contribution in [2.75, 3.05) is 32.7 Å². The molecule has 1 N–H and O–H groups in total. The molecule has 1 saturated heterocycles. The van der Waals surface area contributed by atoms with Crippen LogP contribution in [0.1, 0.15) is 36.9 Å². The first-order chi connectivity index (χ1) is 13.7. The molecule has 0 radical (unpaired) electrons. The minimum atomic E-state index is -0.0531. The van der Waals surface area contributed by atoms with E-state index < -0.39 is 0 Å².